The highest BCUT2D eigenvalue weighted by Gasteiger charge is 2.13. The molecule has 0 unspecified atom stereocenters. The molecule has 2 N–H and O–H groups in total. The van der Waals surface area contributed by atoms with E-state index in [1.165, 1.54) is 32.1 Å². The van der Waals surface area contributed by atoms with Crippen molar-refractivity contribution in [2.75, 3.05) is 6.61 Å². The molecule has 0 spiro atoms. The minimum Gasteiger partial charge on any atom is -0.493 e. The van der Waals surface area contributed by atoms with Crippen LogP contribution in [0.15, 0.2) is 42.5 Å². The lowest BCUT2D eigenvalue weighted by Crippen LogP contribution is -2.05. The van der Waals surface area contributed by atoms with Crippen molar-refractivity contribution in [3.63, 3.8) is 0 Å². The van der Waals surface area contributed by atoms with Gasteiger partial charge in [0.25, 0.3) is 0 Å². The van der Waals surface area contributed by atoms with Crippen molar-refractivity contribution in [2.24, 2.45) is 0 Å². The summed E-state index contributed by atoms with van der Waals surface area (Å²) >= 11 is 0. The molecule has 0 radical (unpaired) electrons. The Morgan fingerprint density at radius 1 is 0.862 bits per heavy atom. The highest BCUT2D eigenvalue weighted by Crippen LogP contribution is 2.28. The van der Waals surface area contributed by atoms with Gasteiger partial charge in [0.15, 0.2) is 0 Å². The number of aromatic carboxylic acids is 1. The van der Waals surface area contributed by atoms with Crippen LogP contribution in [0.4, 0.5) is 0 Å². The summed E-state index contributed by atoms with van der Waals surface area (Å²) in [5, 5.41) is 18.5. The fraction of sp³-hybridized carbons (Fsp3) is 0.417. The Hall–Kier alpha value is -2.82. The molecule has 0 heterocycles. The molecule has 0 fully saturated rings. The number of rotatable bonds is 13. The van der Waals surface area contributed by atoms with E-state index < -0.39 is 11.9 Å². The number of hydrogen-bond acceptors (Lipinski definition) is 3. The topological polar surface area (TPSA) is 83.8 Å². The summed E-state index contributed by atoms with van der Waals surface area (Å²) in [6, 6.07) is 12.2. The fourth-order valence-electron chi connectivity index (χ4n) is 3.28. The number of ether oxygens (including phenoxy) is 1. The predicted octanol–water partition coefficient (Wildman–Crippen LogP) is 5.81. The smallest absolute Gasteiger partial charge is 0.339 e. The van der Waals surface area contributed by atoms with Crippen molar-refractivity contribution >= 4 is 11.9 Å². The molecule has 0 saturated carbocycles. The lowest BCUT2D eigenvalue weighted by atomic mass is 9.99. The van der Waals surface area contributed by atoms with Gasteiger partial charge >= 0.3 is 11.9 Å². The van der Waals surface area contributed by atoms with Crippen molar-refractivity contribution in [2.45, 2.75) is 58.3 Å². The molecule has 2 rings (SSSR count). The standard InChI is InChI=1S/C24H30O5/c1-2-3-4-5-6-7-8-14-29-22-13-12-20(17-21(22)24(27)28)19-11-9-10-18(15-19)16-23(25)26/h9-13,15,17H,2-8,14,16H2,1H3,(H,25,26)(H,27,28). The number of hydrogen-bond donors (Lipinski definition) is 2. The largest absolute Gasteiger partial charge is 0.493 e. The van der Waals surface area contributed by atoms with Crippen molar-refractivity contribution in [3.8, 4) is 16.9 Å². The highest BCUT2D eigenvalue weighted by molar-refractivity contribution is 5.92. The molecule has 2 aromatic carbocycles. The maximum atomic E-state index is 11.7. The maximum absolute atomic E-state index is 11.7. The summed E-state index contributed by atoms with van der Waals surface area (Å²) in [4.78, 5) is 22.6. The second-order valence-electron chi connectivity index (χ2n) is 7.26. The minimum atomic E-state index is -1.04. The van der Waals surface area contributed by atoms with Crippen LogP contribution in [0, 0.1) is 0 Å². The number of carbonyl (C=O) groups is 2. The van der Waals surface area contributed by atoms with Crippen LogP contribution in [0.1, 0.15) is 67.8 Å². The van der Waals surface area contributed by atoms with Crippen LogP contribution in [0.3, 0.4) is 0 Å². The van der Waals surface area contributed by atoms with Gasteiger partial charge in [-0.05, 0) is 35.2 Å². The molecule has 0 aliphatic rings. The third-order valence-corrected chi connectivity index (χ3v) is 4.83. The van der Waals surface area contributed by atoms with Crippen LogP contribution in [-0.4, -0.2) is 28.8 Å². The lowest BCUT2D eigenvalue weighted by molar-refractivity contribution is -0.136. The van der Waals surface area contributed by atoms with Crippen LogP contribution in [0.5, 0.6) is 5.75 Å². The summed E-state index contributed by atoms with van der Waals surface area (Å²) in [5.41, 5.74) is 2.29. The highest BCUT2D eigenvalue weighted by atomic mass is 16.5. The number of carboxylic acid groups (broad SMARTS) is 2. The predicted molar refractivity (Wildman–Crippen MR) is 114 cm³/mol. The number of carboxylic acids is 2. The van der Waals surface area contributed by atoms with Crippen molar-refractivity contribution in [1.29, 1.82) is 0 Å². The summed E-state index contributed by atoms with van der Waals surface area (Å²) in [5.74, 6) is -1.57. The fourth-order valence-corrected chi connectivity index (χ4v) is 3.28. The first kappa shape index (κ1) is 22.5. The SMILES string of the molecule is CCCCCCCCCOc1ccc(-c2cccc(CC(=O)O)c2)cc1C(=O)O. The quantitative estimate of drug-likeness (QED) is 0.416. The molecule has 0 aliphatic carbocycles. The van der Waals surface area contributed by atoms with Crippen molar-refractivity contribution < 1.29 is 24.5 Å². The number of aliphatic carboxylic acids is 1. The Balaban J connectivity index is 2.00. The second kappa shape index (κ2) is 11.9. The summed E-state index contributed by atoms with van der Waals surface area (Å²) in [6.07, 6.45) is 8.13. The number of unbranched alkanes of at least 4 members (excludes halogenated alkanes) is 6. The zero-order chi connectivity index (χ0) is 21.1. The van der Waals surface area contributed by atoms with E-state index in [-0.39, 0.29) is 12.0 Å². The van der Waals surface area contributed by atoms with Gasteiger partial charge < -0.3 is 14.9 Å². The second-order valence-corrected chi connectivity index (χ2v) is 7.26. The molecule has 29 heavy (non-hydrogen) atoms. The van der Waals surface area contributed by atoms with Crippen LogP contribution in [-0.2, 0) is 11.2 Å². The van der Waals surface area contributed by atoms with E-state index in [4.69, 9.17) is 9.84 Å². The normalized spacial score (nSPS) is 10.7. The lowest BCUT2D eigenvalue weighted by Gasteiger charge is -2.12. The van der Waals surface area contributed by atoms with Crippen molar-refractivity contribution in [1.82, 2.24) is 0 Å². The molecule has 0 aromatic heterocycles. The minimum absolute atomic E-state index is 0.0702. The van der Waals surface area contributed by atoms with Gasteiger partial charge in [-0.25, -0.2) is 4.79 Å². The van der Waals surface area contributed by atoms with Crippen LogP contribution >= 0.6 is 0 Å². The monoisotopic (exact) mass is 398 g/mol. The third-order valence-electron chi connectivity index (χ3n) is 4.83. The molecule has 0 amide bonds. The average Bonchev–Trinajstić information content (AvgIpc) is 2.69. The molecule has 2 aromatic rings. The van der Waals surface area contributed by atoms with Crippen LogP contribution in [0.2, 0.25) is 0 Å². The first-order valence-electron chi connectivity index (χ1n) is 10.3. The van der Waals surface area contributed by atoms with Gasteiger partial charge in [0.2, 0.25) is 0 Å². The number of benzene rings is 2. The van der Waals surface area contributed by atoms with E-state index in [2.05, 4.69) is 6.92 Å². The van der Waals surface area contributed by atoms with Gasteiger partial charge in [-0.1, -0.05) is 75.8 Å². The summed E-state index contributed by atoms with van der Waals surface area (Å²) in [7, 11) is 0. The first-order valence-corrected chi connectivity index (χ1v) is 10.3. The molecule has 5 heteroatoms. The molecule has 0 bridgehead atoms. The van der Waals surface area contributed by atoms with Gasteiger partial charge in [-0.3, -0.25) is 4.79 Å². The Kier molecular flexibility index (Phi) is 9.22. The molecule has 5 nitrogen and oxygen atoms in total. The summed E-state index contributed by atoms with van der Waals surface area (Å²) in [6.45, 7) is 2.70. The van der Waals surface area contributed by atoms with Gasteiger partial charge in [0.1, 0.15) is 11.3 Å². The van der Waals surface area contributed by atoms with E-state index in [1.54, 1.807) is 30.3 Å². The molecule has 0 aliphatic heterocycles. The van der Waals surface area contributed by atoms with Crippen molar-refractivity contribution in [3.05, 3.63) is 53.6 Å². The maximum Gasteiger partial charge on any atom is 0.339 e. The average molecular weight is 398 g/mol. The molecule has 0 saturated heterocycles. The molecule has 0 atom stereocenters. The van der Waals surface area contributed by atoms with Gasteiger partial charge in [-0.2, -0.15) is 0 Å². The molecule has 156 valence electrons. The van der Waals surface area contributed by atoms with Gasteiger partial charge in [0.05, 0.1) is 13.0 Å². The molecular formula is C24H30O5. The Labute approximate surface area is 172 Å². The van der Waals surface area contributed by atoms with Crippen LogP contribution in [0.25, 0.3) is 11.1 Å². The first-order chi connectivity index (χ1) is 14.0. The van der Waals surface area contributed by atoms with E-state index >= 15 is 0 Å². The zero-order valence-corrected chi connectivity index (χ0v) is 17.0. The van der Waals surface area contributed by atoms with Gasteiger partial charge in [0, 0.05) is 0 Å². The van der Waals surface area contributed by atoms with E-state index in [9.17, 15) is 14.7 Å². The van der Waals surface area contributed by atoms with E-state index in [0.717, 1.165) is 24.0 Å². The van der Waals surface area contributed by atoms with E-state index in [0.29, 0.717) is 17.9 Å². The Bertz CT molecular complexity index is 813. The van der Waals surface area contributed by atoms with Gasteiger partial charge in [-0.15, -0.1) is 0 Å². The Morgan fingerprint density at radius 2 is 1.55 bits per heavy atom. The Morgan fingerprint density at radius 3 is 2.24 bits per heavy atom. The summed E-state index contributed by atoms with van der Waals surface area (Å²) < 4.78 is 5.73. The zero-order valence-electron chi connectivity index (χ0n) is 17.0. The third kappa shape index (κ3) is 7.60. The molecular weight excluding hydrogens is 368 g/mol. The van der Waals surface area contributed by atoms with E-state index in [1.807, 2.05) is 12.1 Å². The van der Waals surface area contributed by atoms with Crippen LogP contribution < -0.4 is 4.74 Å².